The molecule has 4 rings (SSSR count). The van der Waals surface area contributed by atoms with Gasteiger partial charge in [-0.25, -0.2) is 0 Å². The Morgan fingerprint density at radius 3 is 1.57 bits per heavy atom. The minimum Gasteiger partial charge on any atom is -0.252 e. The van der Waals surface area contributed by atoms with E-state index in [1.54, 1.807) is 4.88 Å². The summed E-state index contributed by atoms with van der Waals surface area (Å²) in [4.78, 5) is 6.87. The van der Waals surface area contributed by atoms with Crippen LogP contribution in [0.15, 0.2) is 18.2 Å². The monoisotopic (exact) mass is 425 g/mol. The molecule has 166 valence electrons. The van der Waals surface area contributed by atoms with E-state index in [1.807, 2.05) is 11.3 Å². The highest BCUT2D eigenvalue weighted by Crippen LogP contribution is 2.38. The van der Waals surface area contributed by atoms with Gasteiger partial charge in [0.15, 0.2) is 0 Å². The zero-order valence-corrected chi connectivity index (χ0v) is 20.0. The molecule has 0 spiro atoms. The van der Waals surface area contributed by atoms with E-state index in [2.05, 4.69) is 18.2 Å². The van der Waals surface area contributed by atoms with Crippen LogP contribution in [0, 0.1) is 0 Å². The van der Waals surface area contributed by atoms with Crippen molar-refractivity contribution < 1.29 is 0 Å². The molecule has 2 aliphatic rings. The largest absolute Gasteiger partial charge is 0.252 e. The average Bonchev–Trinajstić information content (AvgIpc) is 3.17. The molecule has 2 heteroatoms. The van der Waals surface area contributed by atoms with Gasteiger partial charge in [-0.05, 0) is 49.8 Å². The summed E-state index contributed by atoms with van der Waals surface area (Å²) in [5.41, 5.74) is 2.67. The summed E-state index contributed by atoms with van der Waals surface area (Å²) in [6.07, 6.45) is 26.9. The van der Waals surface area contributed by atoms with Crippen LogP contribution in [0.1, 0.15) is 144 Å². The maximum Gasteiger partial charge on any atom is 0.0816 e. The van der Waals surface area contributed by atoms with E-state index >= 15 is 0 Å². The third-order valence-electron chi connectivity index (χ3n) is 7.70. The Morgan fingerprint density at radius 1 is 0.567 bits per heavy atom. The van der Waals surface area contributed by atoms with E-state index in [4.69, 9.17) is 4.98 Å². The Hall–Kier alpha value is -0.890. The quantitative estimate of drug-likeness (QED) is 0.466. The predicted octanol–water partition coefficient (Wildman–Crippen LogP) is 9.90. The molecule has 2 heterocycles. The number of fused-ring (bicyclic) bond motifs is 1. The second-order valence-corrected chi connectivity index (χ2v) is 11.2. The minimum absolute atomic E-state index is 0.688. The third-order valence-corrected chi connectivity index (χ3v) is 8.95. The first-order chi connectivity index (χ1) is 14.9. The molecule has 2 aromatic rings. The van der Waals surface area contributed by atoms with Gasteiger partial charge in [0.1, 0.15) is 0 Å². The highest BCUT2D eigenvalue weighted by molar-refractivity contribution is 7.19. The van der Waals surface area contributed by atoms with E-state index in [0.717, 1.165) is 5.92 Å². The number of rotatable bonds is 2. The number of aromatic nitrogens is 1. The fraction of sp³-hybridized carbons (Fsp3) is 0.750. The SMILES string of the molecule is c1cc2sc(C3CCCCCCCCCC3)cc2nc1C1CCCCCCCCC1. The Labute approximate surface area is 189 Å². The fourth-order valence-corrected chi connectivity index (χ4v) is 6.94. The maximum absolute atomic E-state index is 5.24. The Morgan fingerprint density at radius 2 is 1.03 bits per heavy atom. The summed E-state index contributed by atoms with van der Waals surface area (Å²) < 4.78 is 1.42. The molecule has 0 radical (unpaired) electrons. The molecule has 0 saturated heterocycles. The highest BCUT2D eigenvalue weighted by Gasteiger charge is 2.18. The second kappa shape index (κ2) is 12.2. The molecule has 2 saturated carbocycles. The molecule has 0 aromatic carbocycles. The van der Waals surface area contributed by atoms with Gasteiger partial charge in [0, 0.05) is 16.5 Å². The van der Waals surface area contributed by atoms with Gasteiger partial charge in [0.25, 0.3) is 0 Å². The second-order valence-electron chi connectivity index (χ2n) is 10.1. The molecule has 0 aliphatic heterocycles. The predicted molar refractivity (Wildman–Crippen MR) is 133 cm³/mol. The van der Waals surface area contributed by atoms with Gasteiger partial charge in [-0.3, -0.25) is 4.98 Å². The van der Waals surface area contributed by atoms with Gasteiger partial charge in [0.2, 0.25) is 0 Å². The van der Waals surface area contributed by atoms with E-state index < -0.39 is 0 Å². The molecule has 2 fully saturated rings. The normalized spacial score (nSPS) is 22.5. The van der Waals surface area contributed by atoms with Crippen molar-refractivity contribution in [2.75, 3.05) is 0 Å². The van der Waals surface area contributed by atoms with Crippen molar-refractivity contribution in [2.45, 2.75) is 134 Å². The molecule has 30 heavy (non-hydrogen) atoms. The summed E-state index contributed by atoms with van der Waals surface area (Å²) in [5.74, 6) is 1.47. The molecule has 0 bridgehead atoms. The maximum atomic E-state index is 5.24. The Kier molecular flexibility index (Phi) is 9.09. The number of nitrogens with zero attached hydrogens (tertiary/aromatic N) is 1. The Balaban J connectivity index is 1.47. The lowest BCUT2D eigenvalue weighted by atomic mass is 9.89. The van der Waals surface area contributed by atoms with Gasteiger partial charge in [-0.2, -0.15) is 0 Å². The lowest BCUT2D eigenvalue weighted by Gasteiger charge is -2.18. The van der Waals surface area contributed by atoms with E-state index in [-0.39, 0.29) is 0 Å². The highest BCUT2D eigenvalue weighted by atomic mass is 32.1. The van der Waals surface area contributed by atoms with Crippen LogP contribution in [0.5, 0.6) is 0 Å². The summed E-state index contributed by atoms with van der Waals surface area (Å²) in [6, 6.07) is 7.25. The van der Waals surface area contributed by atoms with Crippen LogP contribution in [0.25, 0.3) is 10.2 Å². The standard InChI is InChI=1S/C28H43NS/c1-2-5-11-15-19-24(18-14-10-4-1)28-22-26-27(30-28)21-20-25(29-26)23-16-12-8-6-3-7-9-13-17-23/h20-24H,1-19H2. The van der Waals surface area contributed by atoms with Gasteiger partial charge < -0.3 is 0 Å². The number of hydrogen-bond acceptors (Lipinski definition) is 2. The van der Waals surface area contributed by atoms with Crippen LogP contribution >= 0.6 is 11.3 Å². The van der Waals surface area contributed by atoms with Crippen LogP contribution in [0.4, 0.5) is 0 Å². The van der Waals surface area contributed by atoms with Crippen molar-refractivity contribution in [3.8, 4) is 0 Å². The lowest BCUT2D eigenvalue weighted by molar-refractivity contribution is 0.458. The summed E-state index contributed by atoms with van der Waals surface area (Å²) in [6.45, 7) is 0. The topological polar surface area (TPSA) is 12.9 Å². The third kappa shape index (κ3) is 6.55. The molecule has 0 atom stereocenters. The van der Waals surface area contributed by atoms with Crippen molar-refractivity contribution in [1.29, 1.82) is 0 Å². The van der Waals surface area contributed by atoms with Gasteiger partial charge in [0.05, 0.1) is 10.2 Å². The first-order valence-electron chi connectivity index (χ1n) is 13.3. The summed E-state index contributed by atoms with van der Waals surface area (Å²) >= 11 is 2.04. The number of hydrogen-bond donors (Lipinski definition) is 0. The number of thiophene rings is 1. The summed E-state index contributed by atoms with van der Waals surface area (Å²) in [7, 11) is 0. The first-order valence-corrected chi connectivity index (χ1v) is 14.1. The zero-order valence-electron chi connectivity index (χ0n) is 19.2. The Bertz CT molecular complexity index is 726. The van der Waals surface area contributed by atoms with Crippen molar-refractivity contribution in [1.82, 2.24) is 4.98 Å². The fourth-order valence-electron chi connectivity index (χ4n) is 5.76. The molecule has 0 amide bonds. The molecule has 2 aliphatic carbocycles. The molecular weight excluding hydrogens is 382 g/mol. The van der Waals surface area contributed by atoms with Crippen molar-refractivity contribution >= 4 is 21.6 Å². The molecule has 0 unspecified atom stereocenters. The van der Waals surface area contributed by atoms with E-state index in [9.17, 15) is 0 Å². The average molecular weight is 426 g/mol. The van der Waals surface area contributed by atoms with Crippen LogP contribution in [0.3, 0.4) is 0 Å². The zero-order chi connectivity index (χ0) is 20.4. The van der Waals surface area contributed by atoms with E-state index in [0.29, 0.717) is 5.92 Å². The van der Waals surface area contributed by atoms with E-state index in [1.165, 1.54) is 138 Å². The molecule has 1 nitrogen and oxygen atoms in total. The van der Waals surface area contributed by atoms with Crippen LogP contribution in [-0.2, 0) is 0 Å². The van der Waals surface area contributed by atoms with Crippen LogP contribution < -0.4 is 0 Å². The van der Waals surface area contributed by atoms with Gasteiger partial charge in [-0.1, -0.05) is 96.3 Å². The molecular formula is C28H43NS. The number of pyridine rings is 1. The lowest BCUT2D eigenvalue weighted by Crippen LogP contribution is -2.03. The van der Waals surface area contributed by atoms with Crippen molar-refractivity contribution in [3.63, 3.8) is 0 Å². The van der Waals surface area contributed by atoms with Gasteiger partial charge in [-0.15, -0.1) is 11.3 Å². The van der Waals surface area contributed by atoms with Crippen molar-refractivity contribution in [3.05, 3.63) is 28.8 Å². The minimum atomic E-state index is 0.688. The summed E-state index contributed by atoms with van der Waals surface area (Å²) in [5, 5.41) is 0. The molecule has 2 aromatic heterocycles. The van der Waals surface area contributed by atoms with Crippen LogP contribution in [0.2, 0.25) is 0 Å². The van der Waals surface area contributed by atoms with Crippen molar-refractivity contribution in [2.24, 2.45) is 0 Å². The van der Waals surface area contributed by atoms with Gasteiger partial charge >= 0.3 is 0 Å². The first kappa shape index (κ1) is 22.3. The van der Waals surface area contributed by atoms with Crippen LogP contribution in [-0.4, -0.2) is 4.98 Å². The molecule has 0 N–H and O–H groups in total. The smallest absolute Gasteiger partial charge is 0.0816 e.